The summed E-state index contributed by atoms with van der Waals surface area (Å²) in [6.07, 6.45) is 0.802. The zero-order valence-electron chi connectivity index (χ0n) is 12.6. The molecule has 0 radical (unpaired) electrons. The Hall–Kier alpha value is -1.41. The van der Waals surface area contributed by atoms with Crippen LogP contribution in [0.25, 0.3) is 10.9 Å². The van der Waals surface area contributed by atoms with Crippen molar-refractivity contribution in [2.75, 3.05) is 0 Å². The average Bonchev–Trinajstić information content (AvgIpc) is 2.25. The van der Waals surface area contributed by atoms with Crippen LogP contribution in [0.4, 0.5) is 0 Å². The monoisotopic (exact) mass is 256 g/mol. The fraction of sp³-hybridized carbons (Fsp3) is 0.471. The summed E-state index contributed by atoms with van der Waals surface area (Å²) < 4.78 is 0. The van der Waals surface area contributed by atoms with Gasteiger partial charge in [0.2, 0.25) is 0 Å². The number of aromatic nitrogens is 1. The molecule has 1 heterocycles. The van der Waals surface area contributed by atoms with Gasteiger partial charge in [0.05, 0.1) is 5.52 Å². The Labute approximate surface area is 116 Å². The van der Waals surface area contributed by atoms with Crippen molar-refractivity contribution >= 4 is 10.9 Å². The van der Waals surface area contributed by atoms with Crippen molar-refractivity contribution < 1.29 is 0 Å². The highest BCUT2D eigenvalue weighted by atomic mass is 14.8. The van der Waals surface area contributed by atoms with E-state index in [1.807, 2.05) is 13.8 Å². The lowest BCUT2D eigenvalue weighted by molar-refractivity contribution is 0.511. The number of aryl methyl sites for hydroxylation is 1. The number of fused-ring (bicyclic) bond motifs is 1. The molecule has 1 aromatic heterocycles. The normalized spacial score (nSPS) is 12.4. The quantitative estimate of drug-likeness (QED) is 0.903. The summed E-state index contributed by atoms with van der Waals surface area (Å²) >= 11 is 0. The Kier molecular flexibility index (Phi) is 3.64. The van der Waals surface area contributed by atoms with Crippen molar-refractivity contribution in [2.45, 2.75) is 52.5 Å². The molecule has 2 rings (SSSR count). The van der Waals surface area contributed by atoms with Crippen LogP contribution in [0.1, 0.15) is 50.4 Å². The third-order valence-electron chi connectivity index (χ3n) is 3.39. The molecule has 0 aliphatic rings. The van der Waals surface area contributed by atoms with Gasteiger partial charge in [-0.2, -0.15) is 0 Å². The van der Waals surface area contributed by atoms with E-state index in [1.165, 1.54) is 16.5 Å². The van der Waals surface area contributed by atoms with E-state index in [0.717, 1.165) is 17.6 Å². The van der Waals surface area contributed by atoms with Gasteiger partial charge in [0.25, 0.3) is 0 Å². The van der Waals surface area contributed by atoms with Crippen LogP contribution in [-0.4, -0.2) is 10.5 Å². The van der Waals surface area contributed by atoms with Crippen molar-refractivity contribution in [1.82, 2.24) is 4.98 Å². The molecule has 0 saturated heterocycles. The molecule has 2 heteroatoms. The van der Waals surface area contributed by atoms with Gasteiger partial charge < -0.3 is 5.73 Å². The summed E-state index contributed by atoms with van der Waals surface area (Å²) in [4.78, 5) is 4.86. The lowest BCUT2D eigenvalue weighted by atomic mass is 9.95. The lowest BCUT2D eigenvalue weighted by Crippen LogP contribution is -2.34. The van der Waals surface area contributed by atoms with Gasteiger partial charge in [-0.25, -0.2) is 0 Å². The van der Waals surface area contributed by atoms with Crippen molar-refractivity contribution in [1.29, 1.82) is 0 Å². The molecule has 0 fully saturated rings. The first-order valence-electron chi connectivity index (χ1n) is 6.96. The molecular formula is C17H24N2. The fourth-order valence-electron chi connectivity index (χ4n) is 2.53. The average molecular weight is 256 g/mol. The van der Waals surface area contributed by atoms with Gasteiger partial charge in [-0.1, -0.05) is 32.0 Å². The molecule has 0 aliphatic heterocycles. The van der Waals surface area contributed by atoms with E-state index in [9.17, 15) is 0 Å². The summed E-state index contributed by atoms with van der Waals surface area (Å²) in [6, 6.07) is 8.62. The van der Waals surface area contributed by atoms with E-state index >= 15 is 0 Å². The van der Waals surface area contributed by atoms with Crippen LogP contribution in [0.5, 0.6) is 0 Å². The van der Waals surface area contributed by atoms with Crippen LogP contribution in [0.3, 0.4) is 0 Å². The molecular weight excluding hydrogens is 232 g/mol. The highest BCUT2D eigenvalue weighted by molar-refractivity contribution is 5.85. The molecule has 2 aromatic rings. The topological polar surface area (TPSA) is 38.9 Å². The molecule has 0 aliphatic carbocycles. The highest BCUT2D eigenvalue weighted by Gasteiger charge is 2.15. The van der Waals surface area contributed by atoms with Gasteiger partial charge in [-0.05, 0) is 43.9 Å². The molecule has 0 bridgehead atoms. The Morgan fingerprint density at radius 3 is 2.53 bits per heavy atom. The maximum absolute atomic E-state index is 6.12. The predicted molar refractivity (Wildman–Crippen MR) is 82.5 cm³/mol. The minimum atomic E-state index is -0.222. The molecule has 0 atom stereocenters. The highest BCUT2D eigenvalue weighted by Crippen LogP contribution is 2.27. The second-order valence-electron chi connectivity index (χ2n) is 6.49. The molecule has 19 heavy (non-hydrogen) atoms. The third-order valence-corrected chi connectivity index (χ3v) is 3.39. The van der Waals surface area contributed by atoms with Crippen molar-refractivity contribution in [3.05, 3.63) is 41.1 Å². The van der Waals surface area contributed by atoms with Crippen LogP contribution in [0, 0.1) is 6.92 Å². The molecule has 0 saturated carbocycles. The number of rotatable bonds is 3. The minimum Gasteiger partial charge on any atom is -0.325 e. The molecule has 0 amide bonds. The van der Waals surface area contributed by atoms with E-state index in [1.54, 1.807) is 0 Å². The van der Waals surface area contributed by atoms with Crippen molar-refractivity contribution in [3.63, 3.8) is 0 Å². The summed E-state index contributed by atoms with van der Waals surface area (Å²) in [5.74, 6) is 0.483. The number of benzene rings is 1. The maximum atomic E-state index is 6.12. The smallest absolute Gasteiger partial charge is 0.0742 e. The first kappa shape index (κ1) is 14.0. The van der Waals surface area contributed by atoms with Gasteiger partial charge in [-0.15, -0.1) is 0 Å². The molecule has 2 N–H and O–H groups in total. The molecule has 1 aromatic carbocycles. The first-order valence-corrected chi connectivity index (χ1v) is 6.96. The number of para-hydroxylation sites is 1. The van der Waals surface area contributed by atoms with Gasteiger partial charge in [-0.3, -0.25) is 4.98 Å². The molecule has 2 nitrogen and oxygen atoms in total. The van der Waals surface area contributed by atoms with Crippen LogP contribution >= 0.6 is 0 Å². The van der Waals surface area contributed by atoms with Gasteiger partial charge in [0, 0.05) is 23.0 Å². The molecule has 0 unspecified atom stereocenters. The summed E-state index contributed by atoms with van der Waals surface area (Å²) in [5.41, 5.74) is 10.7. The van der Waals surface area contributed by atoms with Crippen LogP contribution in [-0.2, 0) is 6.42 Å². The summed E-state index contributed by atoms with van der Waals surface area (Å²) in [6.45, 7) is 10.7. The molecule has 102 valence electrons. The Bertz CT molecular complexity index is 592. The van der Waals surface area contributed by atoms with E-state index < -0.39 is 0 Å². The predicted octanol–water partition coefficient (Wildman–Crippen LogP) is 3.95. The number of hydrogen-bond donors (Lipinski definition) is 1. The Morgan fingerprint density at radius 2 is 1.95 bits per heavy atom. The number of pyridine rings is 1. The van der Waals surface area contributed by atoms with E-state index in [2.05, 4.69) is 45.0 Å². The van der Waals surface area contributed by atoms with E-state index in [4.69, 9.17) is 10.7 Å². The van der Waals surface area contributed by atoms with Crippen LogP contribution in [0.2, 0.25) is 0 Å². The number of nitrogens with two attached hydrogens (primary N) is 1. The number of nitrogens with zero attached hydrogens (tertiary/aromatic N) is 1. The zero-order chi connectivity index (χ0) is 14.2. The fourth-order valence-corrected chi connectivity index (χ4v) is 2.53. The van der Waals surface area contributed by atoms with Gasteiger partial charge in [0.1, 0.15) is 0 Å². The third kappa shape index (κ3) is 3.13. The van der Waals surface area contributed by atoms with Crippen LogP contribution in [0.15, 0.2) is 24.3 Å². The SMILES string of the molecule is Cc1cc(CC(C)(C)N)nc2c(C(C)C)cccc12. The molecule has 0 spiro atoms. The lowest BCUT2D eigenvalue weighted by Gasteiger charge is -2.19. The Balaban J connectivity index is 2.63. The Morgan fingerprint density at radius 1 is 1.26 bits per heavy atom. The van der Waals surface area contributed by atoms with Gasteiger partial charge >= 0.3 is 0 Å². The number of hydrogen-bond acceptors (Lipinski definition) is 2. The van der Waals surface area contributed by atoms with Crippen molar-refractivity contribution in [2.24, 2.45) is 5.73 Å². The second kappa shape index (κ2) is 4.93. The largest absolute Gasteiger partial charge is 0.325 e. The zero-order valence-corrected chi connectivity index (χ0v) is 12.6. The first-order chi connectivity index (χ1) is 8.78. The van der Waals surface area contributed by atoms with E-state index in [-0.39, 0.29) is 5.54 Å². The summed E-state index contributed by atoms with van der Waals surface area (Å²) in [7, 11) is 0. The second-order valence-corrected chi connectivity index (χ2v) is 6.49. The standard InChI is InChI=1S/C17H24N2/c1-11(2)14-7-6-8-15-12(3)9-13(19-16(14)15)10-17(4,5)18/h6-9,11H,10,18H2,1-5H3. The maximum Gasteiger partial charge on any atom is 0.0742 e. The van der Waals surface area contributed by atoms with Crippen LogP contribution < -0.4 is 5.73 Å². The summed E-state index contributed by atoms with van der Waals surface area (Å²) in [5, 5.41) is 1.25. The van der Waals surface area contributed by atoms with Gasteiger partial charge in [0.15, 0.2) is 0 Å². The van der Waals surface area contributed by atoms with Crippen molar-refractivity contribution in [3.8, 4) is 0 Å². The minimum absolute atomic E-state index is 0.222. The van der Waals surface area contributed by atoms with E-state index in [0.29, 0.717) is 5.92 Å².